The maximum Gasteiger partial charge on any atom is 0.337 e. The molecule has 7 atom stereocenters. The fourth-order valence-electron chi connectivity index (χ4n) is 5.54. The number of hydrogen-bond donors (Lipinski definition) is 1. The SMILES string of the molecule is C=C1C(=O)OC2C3C(CCC3(C)O)C3(C)CC(OC(=O)C(C)C)C12O3. The van der Waals surface area contributed by atoms with Crippen molar-refractivity contribution in [2.75, 3.05) is 0 Å². The molecule has 1 aliphatic carbocycles. The Balaban J connectivity index is 1.82. The van der Waals surface area contributed by atoms with E-state index in [0.717, 1.165) is 6.42 Å². The van der Waals surface area contributed by atoms with E-state index in [1.54, 1.807) is 20.8 Å². The van der Waals surface area contributed by atoms with Crippen molar-refractivity contribution >= 4 is 11.9 Å². The van der Waals surface area contributed by atoms with Gasteiger partial charge in [0.15, 0.2) is 5.60 Å². The van der Waals surface area contributed by atoms with Crippen LogP contribution in [-0.2, 0) is 23.8 Å². The first kappa shape index (κ1) is 17.0. The third kappa shape index (κ3) is 1.98. The Morgan fingerprint density at radius 2 is 2.08 bits per heavy atom. The summed E-state index contributed by atoms with van der Waals surface area (Å²) < 4.78 is 17.9. The molecule has 1 N–H and O–H groups in total. The zero-order valence-electron chi connectivity index (χ0n) is 15.2. The molecule has 2 bridgehead atoms. The first-order chi connectivity index (χ1) is 11.5. The highest BCUT2D eigenvalue weighted by atomic mass is 16.6. The predicted molar refractivity (Wildman–Crippen MR) is 87.4 cm³/mol. The average Bonchev–Trinajstić information content (AvgIpc) is 3.05. The number of aliphatic hydroxyl groups is 1. The summed E-state index contributed by atoms with van der Waals surface area (Å²) in [5, 5.41) is 11.0. The van der Waals surface area contributed by atoms with Crippen molar-refractivity contribution in [2.24, 2.45) is 17.8 Å². The van der Waals surface area contributed by atoms with Gasteiger partial charge in [-0.05, 0) is 32.6 Å². The van der Waals surface area contributed by atoms with Crippen molar-refractivity contribution < 1.29 is 28.9 Å². The minimum Gasteiger partial charge on any atom is -0.458 e. The molecular weight excluding hydrogens is 324 g/mol. The van der Waals surface area contributed by atoms with E-state index < -0.39 is 35.0 Å². The standard InChI is InChI=1S/C19H26O6/c1-9(2)15(20)23-12-8-18(5)11-6-7-17(4,22)13(11)14-19(12,25-18)10(3)16(21)24-14/h9,11-14,22H,3,6-8H2,1-2,4-5H3. The van der Waals surface area contributed by atoms with Gasteiger partial charge in [-0.2, -0.15) is 0 Å². The molecule has 4 rings (SSSR count). The van der Waals surface area contributed by atoms with Crippen molar-refractivity contribution in [3.8, 4) is 0 Å². The molecule has 0 amide bonds. The number of hydrogen-bond acceptors (Lipinski definition) is 6. The highest BCUT2D eigenvalue weighted by Crippen LogP contribution is 2.65. The molecule has 0 aromatic carbocycles. The quantitative estimate of drug-likeness (QED) is 0.603. The van der Waals surface area contributed by atoms with E-state index >= 15 is 0 Å². The third-order valence-corrected chi connectivity index (χ3v) is 6.80. The van der Waals surface area contributed by atoms with Gasteiger partial charge in [0.05, 0.1) is 22.7 Å². The summed E-state index contributed by atoms with van der Waals surface area (Å²) in [4.78, 5) is 24.6. The lowest BCUT2D eigenvalue weighted by atomic mass is 9.70. The molecule has 7 unspecified atom stereocenters. The number of ether oxygens (including phenoxy) is 3. The number of carbonyl (C=O) groups is 2. The Morgan fingerprint density at radius 3 is 2.72 bits per heavy atom. The Bertz CT molecular complexity index is 667. The highest BCUT2D eigenvalue weighted by Gasteiger charge is 2.78. The van der Waals surface area contributed by atoms with Crippen LogP contribution >= 0.6 is 0 Å². The summed E-state index contributed by atoms with van der Waals surface area (Å²) in [5.74, 6) is -1.35. The Hall–Kier alpha value is -1.40. The summed E-state index contributed by atoms with van der Waals surface area (Å²) >= 11 is 0. The van der Waals surface area contributed by atoms with Gasteiger partial charge in [-0.3, -0.25) is 4.79 Å². The second-order valence-electron chi connectivity index (χ2n) is 8.82. The largest absolute Gasteiger partial charge is 0.458 e. The lowest BCUT2D eigenvalue weighted by molar-refractivity contribution is -0.236. The van der Waals surface area contributed by atoms with Gasteiger partial charge in [0.2, 0.25) is 0 Å². The van der Waals surface area contributed by atoms with E-state index in [1.165, 1.54) is 0 Å². The second-order valence-corrected chi connectivity index (χ2v) is 8.82. The first-order valence-electron chi connectivity index (χ1n) is 9.06. The molecule has 3 saturated heterocycles. The molecule has 4 aliphatic rings. The van der Waals surface area contributed by atoms with Crippen molar-refractivity contribution in [3.05, 3.63) is 12.2 Å². The monoisotopic (exact) mass is 350 g/mol. The van der Waals surface area contributed by atoms with Crippen LogP contribution in [0.4, 0.5) is 0 Å². The molecule has 6 nitrogen and oxygen atoms in total. The number of fused-ring (bicyclic) bond motifs is 4. The van der Waals surface area contributed by atoms with Crippen LogP contribution in [0.2, 0.25) is 0 Å². The van der Waals surface area contributed by atoms with E-state index in [1.807, 2.05) is 6.92 Å². The Morgan fingerprint density at radius 1 is 1.40 bits per heavy atom. The van der Waals surface area contributed by atoms with Crippen molar-refractivity contribution in [1.82, 2.24) is 0 Å². The maximum absolute atomic E-state index is 12.4. The van der Waals surface area contributed by atoms with Crippen LogP contribution in [0, 0.1) is 17.8 Å². The minimum absolute atomic E-state index is 0.0436. The summed E-state index contributed by atoms with van der Waals surface area (Å²) in [6.07, 6.45) is 0.604. The normalized spacial score (nSPS) is 50.6. The predicted octanol–water partition coefficient (Wildman–Crippen LogP) is 1.74. The molecule has 1 spiro atoms. The Kier molecular flexibility index (Phi) is 3.31. The molecule has 3 heterocycles. The lowest BCUT2D eigenvalue weighted by Crippen LogP contribution is -2.62. The first-order valence-corrected chi connectivity index (χ1v) is 9.06. The second kappa shape index (κ2) is 4.86. The van der Waals surface area contributed by atoms with Crippen molar-refractivity contribution in [3.63, 3.8) is 0 Å². The van der Waals surface area contributed by atoms with Crippen LogP contribution in [0.1, 0.15) is 47.0 Å². The van der Waals surface area contributed by atoms with Gasteiger partial charge < -0.3 is 19.3 Å². The fourth-order valence-corrected chi connectivity index (χ4v) is 5.54. The fraction of sp³-hybridized carbons (Fsp3) is 0.789. The molecule has 6 heteroatoms. The van der Waals surface area contributed by atoms with Gasteiger partial charge in [-0.15, -0.1) is 0 Å². The summed E-state index contributed by atoms with van der Waals surface area (Å²) in [5.41, 5.74) is -2.52. The molecule has 4 fully saturated rings. The van der Waals surface area contributed by atoms with Crippen molar-refractivity contribution in [1.29, 1.82) is 0 Å². The molecule has 138 valence electrons. The van der Waals surface area contributed by atoms with Crippen LogP contribution in [0.25, 0.3) is 0 Å². The zero-order valence-corrected chi connectivity index (χ0v) is 15.2. The van der Waals surface area contributed by atoms with Crippen LogP contribution in [-0.4, -0.2) is 46.1 Å². The van der Waals surface area contributed by atoms with Gasteiger partial charge >= 0.3 is 11.9 Å². The van der Waals surface area contributed by atoms with Gasteiger partial charge in [0.25, 0.3) is 0 Å². The van der Waals surface area contributed by atoms with E-state index in [4.69, 9.17) is 14.2 Å². The number of esters is 2. The molecule has 25 heavy (non-hydrogen) atoms. The lowest BCUT2D eigenvalue weighted by Gasteiger charge is -2.49. The topological polar surface area (TPSA) is 82.1 Å². The van der Waals surface area contributed by atoms with E-state index in [9.17, 15) is 14.7 Å². The van der Waals surface area contributed by atoms with E-state index in [0.29, 0.717) is 12.8 Å². The zero-order chi connectivity index (χ0) is 18.4. The summed E-state index contributed by atoms with van der Waals surface area (Å²) in [6, 6.07) is 0. The third-order valence-electron chi connectivity index (χ3n) is 6.80. The molecule has 0 aromatic rings. The van der Waals surface area contributed by atoms with E-state index in [2.05, 4.69) is 6.58 Å². The average molecular weight is 350 g/mol. The Labute approximate surface area is 147 Å². The smallest absolute Gasteiger partial charge is 0.337 e. The van der Waals surface area contributed by atoms with Gasteiger partial charge in [-0.25, -0.2) is 4.79 Å². The van der Waals surface area contributed by atoms with Crippen LogP contribution in [0.5, 0.6) is 0 Å². The molecule has 3 aliphatic heterocycles. The number of carbonyl (C=O) groups excluding carboxylic acids is 2. The van der Waals surface area contributed by atoms with E-state index in [-0.39, 0.29) is 29.3 Å². The summed E-state index contributed by atoms with van der Waals surface area (Å²) in [7, 11) is 0. The van der Waals surface area contributed by atoms with Gasteiger partial charge in [-0.1, -0.05) is 20.4 Å². The van der Waals surface area contributed by atoms with Crippen LogP contribution < -0.4 is 0 Å². The molecule has 1 saturated carbocycles. The summed E-state index contributed by atoms with van der Waals surface area (Å²) in [6.45, 7) is 11.2. The highest BCUT2D eigenvalue weighted by molar-refractivity contribution is 5.94. The number of rotatable bonds is 2. The van der Waals surface area contributed by atoms with Crippen molar-refractivity contribution in [2.45, 2.75) is 76.0 Å². The minimum atomic E-state index is -1.19. The molecular formula is C19H26O6. The molecule has 0 radical (unpaired) electrons. The van der Waals surface area contributed by atoms with Gasteiger partial charge in [0, 0.05) is 12.3 Å². The van der Waals surface area contributed by atoms with Gasteiger partial charge in [0.1, 0.15) is 12.2 Å². The van der Waals surface area contributed by atoms with Crippen LogP contribution in [0.15, 0.2) is 12.2 Å². The maximum atomic E-state index is 12.4. The molecule has 0 aromatic heterocycles. The van der Waals surface area contributed by atoms with Crippen LogP contribution in [0.3, 0.4) is 0 Å².